The van der Waals surface area contributed by atoms with Crippen LogP contribution in [-0.4, -0.2) is 19.1 Å². The molecule has 0 amide bonds. The van der Waals surface area contributed by atoms with E-state index in [9.17, 15) is 0 Å². The number of hydrogen-bond acceptors (Lipinski definition) is 2. The number of methoxy groups -OCH3 is 1. The number of benzene rings is 1. The van der Waals surface area contributed by atoms with E-state index in [0.717, 1.165) is 17.7 Å². The first-order valence-electron chi connectivity index (χ1n) is 5.02. The predicted octanol–water partition coefficient (Wildman–Crippen LogP) is 2.91. The summed E-state index contributed by atoms with van der Waals surface area (Å²) in [6.07, 6.45) is 0. The second-order valence-electron chi connectivity index (χ2n) is 4.14. The molecule has 2 nitrogen and oxygen atoms in total. The molecular formula is C12H18BrNO. The number of hydrogen-bond donors (Lipinski definition) is 1. The molecular weight excluding hydrogens is 254 g/mol. The molecule has 1 N–H and O–H groups in total. The van der Waals surface area contributed by atoms with Gasteiger partial charge in [0, 0.05) is 17.5 Å². The second-order valence-corrected chi connectivity index (χ2v) is 4.71. The average molecular weight is 272 g/mol. The van der Waals surface area contributed by atoms with Crippen molar-refractivity contribution in [1.29, 1.82) is 0 Å². The molecule has 0 atom stereocenters. The Balaban J connectivity index is 2.92. The van der Waals surface area contributed by atoms with Crippen molar-refractivity contribution in [2.75, 3.05) is 19.1 Å². The van der Waals surface area contributed by atoms with Crippen molar-refractivity contribution in [2.24, 2.45) is 0 Å². The summed E-state index contributed by atoms with van der Waals surface area (Å²) in [6, 6.07) is 8.17. The van der Waals surface area contributed by atoms with Crippen LogP contribution in [0.25, 0.3) is 0 Å². The zero-order chi connectivity index (χ0) is 11.3. The summed E-state index contributed by atoms with van der Waals surface area (Å²) in [6.45, 7) is 5.33. The molecule has 0 aliphatic carbocycles. The van der Waals surface area contributed by atoms with Crippen LogP contribution in [0.5, 0.6) is 5.75 Å². The lowest BCUT2D eigenvalue weighted by Gasteiger charge is -2.27. The van der Waals surface area contributed by atoms with Gasteiger partial charge in [-0.2, -0.15) is 0 Å². The van der Waals surface area contributed by atoms with Crippen molar-refractivity contribution >= 4 is 15.9 Å². The van der Waals surface area contributed by atoms with Crippen molar-refractivity contribution in [3.8, 4) is 5.75 Å². The van der Waals surface area contributed by atoms with E-state index in [1.54, 1.807) is 7.11 Å². The third kappa shape index (κ3) is 3.21. The van der Waals surface area contributed by atoms with E-state index in [0.29, 0.717) is 0 Å². The average Bonchev–Trinajstić information content (AvgIpc) is 2.26. The highest BCUT2D eigenvalue weighted by Crippen LogP contribution is 2.30. The van der Waals surface area contributed by atoms with E-state index in [1.807, 2.05) is 18.2 Å². The van der Waals surface area contributed by atoms with Crippen LogP contribution in [0.2, 0.25) is 0 Å². The molecule has 1 rings (SSSR count). The molecule has 84 valence electrons. The lowest BCUT2D eigenvalue weighted by atomic mass is 9.84. The lowest BCUT2D eigenvalue weighted by Crippen LogP contribution is -2.32. The van der Waals surface area contributed by atoms with Crippen molar-refractivity contribution in [3.63, 3.8) is 0 Å². The minimum absolute atomic E-state index is 0.0698. The van der Waals surface area contributed by atoms with E-state index in [2.05, 4.69) is 41.2 Å². The van der Waals surface area contributed by atoms with Crippen LogP contribution in [0, 0.1) is 0 Å². The molecule has 0 fully saturated rings. The molecule has 0 unspecified atom stereocenters. The van der Waals surface area contributed by atoms with Gasteiger partial charge in [-0.05, 0) is 6.07 Å². The lowest BCUT2D eigenvalue weighted by molar-refractivity contribution is 0.388. The van der Waals surface area contributed by atoms with Gasteiger partial charge in [-0.15, -0.1) is 0 Å². The van der Waals surface area contributed by atoms with Crippen LogP contribution in [-0.2, 0) is 5.41 Å². The van der Waals surface area contributed by atoms with E-state index in [-0.39, 0.29) is 5.41 Å². The maximum Gasteiger partial charge on any atom is 0.122 e. The molecule has 1 aromatic rings. The first-order valence-corrected chi connectivity index (χ1v) is 6.14. The number of alkyl halides is 1. The second kappa shape index (κ2) is 5.52. The highest BCUT2D eigenvalue weighted by atomic mass is 79.9. The summed E-state index contributed by atoms with van der Waals surface area (Å²) in [5.41, 5.74) is 2.12. The van der Waals surface area contributed by atoms with Crippen LogP contribution < -0.4 is 10.1 Å². The van der Waals surface area contributed by atoms with Gasteiger partial charge in [0.1, 0.15) is 5.75 Å². The Labute approximate surface area is 100 Å². The molecule has 0 aliphatic rings. The Morgan fingerprint density at radius 2 is 2.00 bits per heavy atom. The van der Waals surface area contributed by atoms with Crippen LogP contribution in [0.3, 0.4) is 0 Å². The van der Waals surface area contributed by atoms with Crippen molar-refractivity contribution < 1.29 is 4.74 Å². The van der Waals surface area contributed by atoms with E-state index in [4.69, 9.17) is 4.74 Å². The van der Waals surface area contributed by atoms with Crippen LogP contribution in [0.4, 0.5) is 0 Å². The van der Waals surface area contributed by atoms with Gasteiger partial charge < -0.3 is 10.1 Å². The summed E-state index contributed by atoms with van der Waals surface area (Å²) in [5.74, 6) is 0.957. The molecule has 0 radical (unpaired) electrons. The highest BCUT2D eigenvalue weighted by molar-refractivity contribution is 9.09. The van der Waals surface area contributed by atoms with Gasteiger partial charge >= 0.3 is 0 Å². The smallest absolute Gasteiger partial charge is 0.122 e. The maximum absolute atomic E-state index is 5.37. The largest absolute Gasteiger partial charge is 0.496 e. The standard InChI is InChI=1S/C12H18BrNO/c1-12(2,8-14-9-13)10-6-4-5-7-11(10)15-3/h4-7,14H,8-9H2,1-3H3. The Bertz CT molecular complexity index is 312. The van der Waals surface area contributed by atoms with Gasteiger partial charge in [-0.25, -0.2) is 0 Å². The first-order chi connectivity index (χ1) is 7.11. The molecule has 0 bridgehead atoms. The molecule has 0 heterocycles. The zero-order valence-electron chi connectivity index (χ0n) is 9.51. The third-order valence-corrected chi connectivity index (χ3v) is 2.89. The minimum atomic E-state index is 0.0698. The summed E-state index contributed by atoms with van der Waals surface area (Å²) >= 11 is 3.37. The summed E-state index contributed by atoms with van der Waals surface area (Å²) < 4.78 is 5.37. The topological polar surface area (TPSA) is 21.3 Å². The fraction of sp³-hybridized carbons (Fsp3) is 0.500. The first kappa shape index (κ1) is 12.5. The van der Waals surface area contributed by atoms with Gasteiger partial charge in [0.15, 0.2) is 0 Å². The maximum atomic E-state index is 5.37. The van der Waals surface area contributed by atoms with E-state index < -0.39 is 0 Å². The molecule has 0 aliphatic heterocycles. The van der Waals surface area contributed by atoms with Gasteiger partial charge in [0.05, 0.1) is 12.6 Å². The fourth-order valence-corrected chi connectivity index (χ4v) is 1.86. The van der Waals surface area contributed by atoms with Gasteiger partial charge in [0.25, 0.3) is 0 Å². The molecule has 0 saturated carbocycles. The Kier molecular flexibility index (Phi) is 4.61. The molecule has 1 aromatic carbocycles. The Morgan fingerprint density at radius 1 is 1.33 bits per heavy atom. The number of rotatable bonds is 5. The normalized spacial score (nSPS) is 11.5. The third-order valence-electron chi connectivity index (χ3n) is 2.50. The van der Waals surface area contributed by atoms with Crippen LogP contribution >= 0.6 is 15.9 Å². The Morgan fingerprint density at radius 3 is 2.60 bits per heavy atom. The monoisotopic (exact) mass is 271 g/mol. The predicted molar refractivity (Wildman–Crippen MR) is 67.8 cm³/mol. The van der Waals surface area contributed by atoms with Gasteiger partial charge in [-0.1, -0.05) is 48.0 Å². The van der Waals surface area contributed by atoms with Crippen molar-refractivity contribution in [2.45, 2.75) is 19.3 Å². The molecule has 3 heteroatoms. The fourth-order valence-electron chi connectivity index (χ4n) is 1.66. The van der Waals surface area contributed by atoms with Crippen LogP contribution in [0.1, 0.15) is 19.4 Å². The molecule has 0 saturated heterocycles. The quantitative estimate of drug-likeness (QED) is 0.657. The van der Waals surface area contributed by atoms with Crippen molar-refractivity contribution in [3.05, 3.63) is 29.8 Å². The van der Waals surface area contributed by atoms with Crippen LogP contribution in [0.15, 0.2) is 24.3 Å². The van der Waals surface area contributed by atoms with Crippen molar-refractivity contribution in [1.82, 2.24) is 5.32 Å². The van der Waals surface area contributed by atoms with Gasteiger partial charge in [-0.3, -0.25) is 0 Å². The summed E-state index contributed by atoms with van der Waals surface area (Å²) in [7, 11) is 1.72. The van der Waals surface area contributed by atoms with E-state index in [1.165, 1.54) is 5.56 Å². The number of halogens is 1. The number of ether oxygens (including phenoxy) is 1. The Hall–Kier alpha value is -0.540. The number of nitrogens with one attached hydrogen (secondary N) is 1. The van der Waals surface area contributed by atoms with E-state index >= 15 is 0 Å². The van der Waals surface area contributed by atoms with Gasteiger partial charge in [0.2, 0.25) is 0 Å². The summed E-state index contributed by atoms with van der Waals surface area (Å²) in [5, 5.41) is 3.30. The minimum Gasteiger partial charge on any atom is -0.496 e. The molecule has 15 heavy (non-hydrogen) atoms. The zero-order valence-corrected chi connectivity index (χ0v) is 11.1. The SMILES string of the molecule is COc1ccccc1C(C)(C)CNCBr. The molecule has 0 aromatic heterocycles. The molecule has 0 spiro atoms. The highest BCUT2D eigenvalue weighted by Gasteiger charge is 2.23. The number of para-hydroxylation sites is 1. The summed E-state index contributed by atoms with van der Waals surface area (Å²) in [4.78, 5) is 0.